The average Bonchev–Trinajstić information content (AvgIpc) is 2.43. The molecule has 0 aliphatic carbocycles. The third-order valence-corrected chi connectivity index (χ3v) is 2.98. The van der Waals surface area contributed by atoms with E-state index in [2.05, 4.69) is 24.1 Å². The molecule has 0 aromatic carbocycles. The summed E-state index contributed by atoms with van der Waals surface area (Å²) < 4.78 is 10.1. The highest BCUT2D eigenvalue weighted by molar-refractivity contribution is 5.95. The number of nitrogen functional groups attached to an aromatic ring is 1. The number of nitrogens with zero attached hydrogens (tertiary/aromatic N) is 1. The number of carbonyl (C=O) groups excluding carboxylic acids is 1. The molecule has 20 heavy (non-hydrogen) atoms. The summed E-state index contributed by atoms with van der Waals surface area (Å²) in [6.45, 7) is 7.37. The molecule has 1 rings (SSSR count). The lowest BCUT2D eigenvalue weighted by atomic mass is 10.1. The second-order valence-corrected chi connectivity index (χ2v) is 4.80. The van der Waals surface area contributed by atoms with Crippen molar-refractivity contribution in [3.8, 4) is 0 Å². The smallest absolute Gasteiger partial charge is 0.340 e. The monoisotopic (exact) mass is 281 g/mol. The Hall–Kier alpha value is -1.82. The molecule has 0 aliphatic heterocycles. The predicted octanol–water partition coefficient (Wildman–Crippen LogP) is 1.92. The van der Waals surface area contributed by atoms with Crippen LogP contribution >= 0.6 is 0 Å². The number of anilines is 2. The van der Waals surface area contributed by atoms with Crippen molar-refractivity contribution in [2.24, 2.45) is 5.92 Å². The Morgan fingerprint density at radius 1 is 1.50 bits per heavy atom. The van der Waals surface area contributed by atoms with Crippen LogP contribution in [0.3, 0.4) is 0 Å². The third kappa shape index (κ3) is 4.38. The van der Waals surface area contributed by atoms with Crippen LogP contribution in [-0.2, 0) is 9.47 Å². The minimum Gasteiger partial charge on any atom is -0.465 e. The zero-order valence-corrected chi connectivity index (χ0v) is 12.5. The zero-order chi connectivity index (χ0) is 15.1. The predicted molar refractivity (Wildman–Crippen MR) is 78.7 cm³/mol. The Morgan fingerprint density at radius 3 is 2.75 bits per heavy atom. The van der Waals surface area contributed by atoms with Crippen molar-refractivity contribution in [1.29, 1.82) is 0 Å². The largest absolute Gasteiger partial charge is 0.465 e. The Balaban J connectivity index is 2.87. The zero-order valence-electron chi connectivity index (χ0n) is 12.5. The lowest BCUT2D eigenvalue weighted by Gasteiger charge is -2.23. The van der Waals surface area contributed by atoms with E-state index in [0.29, 0.717) is 36.2 Å². The van der Waals surface area contributed by atoms with Gasteiger partial charge in [-0.25, -0.2) is 9.78 Å². The molecule has 0 bridgehead atoms. The number of nitrogens with two attached hydrogens (primary N) is 1. The first-order valence-corrected chi connectivity index (χ1v) is 6.67. The fourth-order valence-corrected chi connectivity index (χ4v) is 1.67. The van der Waals surface area contributed by atoms with Gasteiger partial charge in [-0.2, -0.15) is 0 Å². The summed E-state index contributed by atoms with van der Waals surface area (Å²) in [4.78, 5) is 15.8. The van der Waals surface area contributed by atoms with Crippen molar-refractivity contribution in [3.05, 3.63) is 17.8 Å². The molecule has 112 valence electrons. The molecule has 6 nitrogen and oxygen atoms in total. The standard InChI is InChI=1S/C14H23N3O3/c1-5-20-8-12(9(2)3)17-13-6-10(14(18)19-4)11(15)7-16-13/h6-7,9,12H,5,8,15H2,1-4H3,(H,16,17). The molecule has 0 radical (unpaired) electrons. The van der Waals surface area contributed by atoms with E-state index in [-0.39, 0.29) is 6.04 Å². The van der Waals surface area contributed by atoms with E-state index >= 15 is 0 Å². The first-order chi connectivity index (χ1) is 9.49. The number of esters is 1. The quantitative estimate of drug-likeness (QED) is 0.743. The van der Waals surface area contributed by atoms with Crippen LogP contribution in [0.5, 0.6) is 0 Å². The molecule has 6 heteroatoms. The number of hydrogen-bond acceptors (Lipinski definition) is 6. The van der Waals surface area contributed by atoms with Crippen LogP contribution in [0.2, 0.25) is 0 Å². The first-order valence-electron chi connectivity index (χ1n) is 6.67. The molecule has 0 saturated carbocycles. The maximum absolute atomic E-state index is 11.6. The van der Waals surface area contributed by atoms with Gasteiger partial charge < -0.3 is 20.5 Å². The molecular weight excluding hydrogens is 258 g/mol. The average molecular weight is 281 g/mol. The Kier molecular flexibility index (Phi) is 6.24. The van der Waals surface area contributed by atoms with Crippen LogP contribution in [0, 0.1) is 5.92 Å². The van der Waals surface area contributed by atoms with Crippen molar-refractivity contribution >= 4 is 17.5 Å². The maximum atomic E-state index is 11.6. The van der Waals surface area contributed by atoms with Gasteiger partial charge in [-0.05, 0) is 18.9 Å². The lowest BCUT2D eigenvalue weighted by molar-refractivity contribution is 0.0602. The van der Waals surface area contributed by atoms with Crippen molar-refractivity contribution in [2.75, 3.05) is 31.4 Å². The number of ether oxygens (including phenoxy) is 2. The Bertz CT molecular complexity index is 449. The summed E-state index contributed by atoms with van der Waals surface area (Å²) in [5, 5.41) is 3.26. The molecule has 0 spiro atoms. The van der Waals surface area contributed by atoms with Crippen LogP contribution in [0.4, 0.5) is 11.5 Å². The van der Waals surface area contributed by atoms with E-state index in [1.807, 2.05) is 6.92 Å². The van der Waals surface area contributed by atoms with E-state index in [4.69, 9.17) is 15.2 Å². The topological polar surface area (TPSA) is 86.5 Å². The molecule has 3 N–H and O–H groups in total. The van der Waals surface area contributed by atoms with Gasteiger partial charge >= 0.3 is 5.97 Å². The maximum Gasteiger partial charge on any atom is 0.340 e. The number of carbonyl (C=O) groups is 1. The van der Waals surface area contributed by atoms with Gasteiger partial charge in [0, 0.05) is 6.61 Å². The number of nitrogens with one attached hydrogen (secondary N) is 1. The summed E-state index contributed by atoms with van der Waals surface area (Å²) in [6.07, 6.45) is 1.45. The third-order valence-electron chi connectivity index (χ3n) is 2.98. The highest BCUT2D eigenvalue weighted by Crippen LogP contribution is 2.18. The molecule has 1 aromatic heterocycles. The molecule has 0 aliphatic rings. The lowest BCUT2D eigenvalue weighted by Crippen LogP contribution is -2.31. The molecule has 0 fully saturated rings. The van der Waals surface area contributed by atoms with Crippen LogP contribution < -0.4 is 11.1 Å². The van der Waals surface area contributed by atoms with Gasteiger partial charge in [0.2, 0.25) is 0 Å². The van der Waals surface area contributed by atoms with E-state index in [0.717, 1.165) is 0 Å². The van der Waals surface area contributed by atoms with Gasteiger partial charge in [0.25, 0.3) is 0 Å². The Labute approximate surface area is 119 Å². The second kappa shape index (κ2) is 7.69. The van der Waals surface area contributed by atoms with E-state index in [1.165, 1.54) is 13.3 Å². The minimum atomic E-state index is -0.473. The summed E-state index contributed by atoms with van der Waals surface area (Å²) in [6, 6.07) is 1.71. The van der Waals surface area contributed by atoms with Crippen molar-refractivity contribution in [1.82, 2.24) is 4.98 Å². The Morgan fingerprint density at radius 2 is 2.20 bits per heavy atom. The van der Waals surface area contributed by atoms with Crippen LogP contribution in [-0.4, -0.2) is 37.3 Å². The molecule has 1 unspecified atom stereocenters. The summed E-state index contributed by atoms with van der Waals surface area (Å²) >= 11 is 0. The molecule has 0 saturated heterocycles. The summed E-state index contributed by atoms with van der Waals surface area (Å²) in [7, 11) is 1.32. The van der Waals surface area contributed by atoms with Gasteiger partial charge in [-0.3, -0.25) is 0 Å². The van der Waals surface area contributed by atoms with E-state index in [9.17, 15) is 4.79 Å². The summed E-state index contributed by atoms with van der Waals surface area (Å²) in [5.41, 5.74) is 6.33. The van der Waals surface area contributed by atoms with Crippen molar-refractivity contribution in [3.63, 3.8) is 0 Å². The van der Waals surface area contributed by atoms with E-state index in [1.54, 1.807) is 6.07 Å². The van der Waals surface area contributed by atoms with Gasteiger partial charge in [0.05, 0.1) is 37.2 Å². The van der Waals surface area contributed by atoms with E-state index < -0.39 is 5.97 Å². The van der Waals surface area contributed by atoms with Crippen LogP contribution in [0.15, 0.2) is 12.3 Å². The fraction of sp³-hybridized carbons (Fsp3) is 0.571. The van der Waals surface area contributed by atoms with Gasteiger partial charge in [-0.15, -0.1) is 0 Å². The highest BCUT2D eigenvalue weighted by Gasteiger charge is 2.16. The number of pyridine rings is 1. The summed E-state index contributed by atoms with van der Waals surface area (Å²) in [5.74, 6) is 0.472. The van der Waals surface area contributed by atoms with Crippen molar-refractivity contribution in [2.45, 2.75) is 26.8 Å². The number of aromatic nitrogens is 1. The number of rotatable bonds is 7. The molecular formula is C14H23N3O3. The van der Waals surface area contributed by atoms with Crippen LogP contribution in [0.1, 0.15) is 31.1 Å². The SMILES string of the molecule is CCOCC(Nc1cc(C(=O)OC)c(N)cn1)C(C)C. The van der Waals surface area contributed by atoms with Crippen molar-refractivity contribution < 1.29 is 14.3 Å². The second-order valence-electron chi connectivity index (χ2n) is 4.80. The molecule has 1 atom stereocenters. The minimum absolute atomic E-state index is 0.108. The molecule has 1 aromatic rings. The fourth-order valence-electron chi connectivity index (χ4n) is 1.67. The highest BCUT2D eigenvalue weighted by atomic mass is 16.5. The van der Waals surface area contributed by atoms with Gasteiger partial charge in [0.1, 0.15) is 5.82 Å². The molecule has 1 heterocycles. The first kappa shape index (κ1) is 16.2. The van der Waals surface area contributed by atoms with Crippen LogP contribution in [0.25, 0.3) is 0 Å². The van der Waals surface area contributed by atoms with Gasteiger partial charge in [-0.1, -0.05) is 13.8 Å². The van der Waals surface area contributed by atoms with Gasteiger partial charge in [0.15, 0.2) is 0 Å². The molecule has 0 amide bonds. The normalized spacial score (nSPS) is 12.2. The number of hydrogen-bond donors (Lipinski definition) is 2. The number of methoxy groups -OCH3 is 1.